The zero-order valence-electron chi connectivity index (χ0n) is 9.94. The molecule has 5 nitrogen and oxygen atoms in total. The molecule has 0 aromatic carbocycles. The van der Waals surface area contributed by atoms with Gasteiger partial charge in [-0.1, -0.05) is 0 Å². The molecule has 1 amide bonds. The number of nitrogens with zero attached hydrogens (tertiary/aromatic N) is 1. The van der Waals surface area contributed by atoms with Crippen LogP contribution in [0.15, 0.2) is 0 Å². The van der Waals surface area contributed by atoms with Crippen molar-refractivity contribution in [3.63, 3.8) is 0 Å². The van der Waals surface area contributed by atoms with E-state index in [0.29, 0.717) is 33.0 Å². The number of rotatable bonds is 1. The van der Waals surface area contributed by atoms with Gasteiger partial charge in [-0.05, 0) is 13.8 Å². The van der Waals surface area contributed by atoms with E-state index in [4.69, 9.17) is 15.2 Å². The van der Waals surface area contributed by atoms with Crippen LogP contribution in [-0.2, 0) is 14.3 Å². The monoisotopic (exact) mass is 228 g/mol. The molecule has 0 bridgehead atoms. The van der Waals surface area contributed by atoms with Crippen LogP contribution in [0.3, 0.4) is 0 Å². The molecule has 2 rings (SSSR count). The SMILES string of the molecule is C[C@@H]1COCCN1C(=O)C1(C)COCC1N. The fourth-order valence-corrected chi connectivity index (χ4v) is 2.27. The maximum absolute atomic E-state index is 12.5. The normalized spacial score (nSPS) is 40.1. The average molecular weight is 228 g/mol. The van der Waals surface area contributed by atoms with Crippen LogP contribution in [0.5, 0.6) is 0 Å². The van der Waals surface area contributed by atoms with Gasteiger partial charge in [0.05, 0.1) is 37.9 Å². The van der Waals surface area contributed by atoms with Gasteiger partial charge in [0.25, 0.3) is 0 Å². The van der Waals surface area contributed by atoms with Gasteiger partial charge in [0.1, 0.15) is 0 Å². The number of carbonyl (C=O) groups is 1. The minimum Gasteiger partial charge on any atom is -0.379 e. The second kappa shape index (κ2) is 4.31. The maximum atomic E-state index is 12.5. The van der Waals surface area contributed by atoms with Crippen molar-refractivity contribution < 1.29 is 14.3 Å². The lowest BCUT2D eigenvalue weighted by Crippen LogP contribution is -2.57. The fraction of sp³-hybridized carbons (Fsp3) is 0.909. The third-order valence-electron chi connectivity index (χ3n) is 3.63. The highest BCUT2D eigenvalue weighted by atomic mass is 16.5. The summed E-state index contributed by atoms with van der Waals surface area (Å²) in [6.45, 7) is 6.68. The molecule has 0 aliphatic carbocycles. The van der Waals surface area contributed by atoms with Crippen molar-refractivity contribution in [1.82, 2.24) is 4.90 Å². The molecule has 92 valence electrons. The Morgan fingerprint density at radius 3 is 2.75 bits per heavy atom. The number of morpholine rings is 1. The van der Waals surface area contributed by atoms with Gasteiger partial charge >= 0.3 is 0 Å². The van der Waals surface area contributed by atoms with Crippen LogP contribution < -0.4 is 5.73 Å². The average Bonchev–Trinajstić information content (AvgIpc) is 2.60. The third kappa shape index (κ3) is 1.83. The van der Waals surface area contributed by atoms with Gasteiger partial charge in [-0.25, -0.2) is 0 Å². The first-order valence-electron chi connectivity index (χ1n) is 5.78. The molecule has 2 saturated heterocycles. The zero-order valence-corrected chi connectivity index (χ0v) is 9.94. The van der Waals surface area contributed by atoms with E-state index >= 15 is 0 Å². The molecule has 2 aliphatic rings. The van der Waals surface area contributed by atoms with Crippen molar-refractivity contribution in [2.75, 3.05) is 33.0 Å². The molecule has 2 N–H and O–H groups in total. The van der Waals surface area contributed by atoms with E-state index in [2.05, 4.69) is 0 Å². The fourth-order valence-electron chi connectivity index (χ4n) is 2.27. The van der Waals surface area contributed by atoms with Gasteiger partial charge in [-0.3, -0.25) is 4.79 Å². The van der Waals surface area contributed by atoms with Gasteiger partial charge in [0, 0.05) is 12.6 Å². The van der Waals surface area contributed by atoms with Crippen molar-refractivity contribution in [2.45, 2.75) is 25.9 Å². The highest BCUT2D eigenvalue weighted by molar-refractivity contribution is 5.84. The Labute approximate surface area is 95.9 Å². The third-order valence-corrected chi connectivity index (χ3v) is 3.63. The van der Waals surface area contributed by atoms with Gasteiger partial charge in [-0.15, -0.1) is 0 Å². The predicted octanol–water partition coefficient (Wildman–Crippen LogP) is -0.402. The Balaban J connectivity index is 2.11. The van der Waals surface area contributed by atoms with Crippen LogP contribution >= 0.6 is 0 Å². The summed E-state index contributed by atoms with van der Waals surface area (Å²) in [5.74, 6) is 0.105. The number of hydrogen-bond donors (Lipinski definition) is 1. The lowest BCUT2D eigenvalue weighted by atomic mass is 9.83. The van der Waals surface area contributed by atoms with E-state index < -0.39 is 5.41 Å². The summed E-state index contributed by atoms with van der Waals surface area (Å²) in [4.78, 5) is 14.3. The van der Waals surface area contributed by atoms with Crippen LogP contribution in [0.25, 0.3) is 0 Å². The first kappa shape index (κ1) is 11.8. The smallest absolute Gasteiger partial charge is 0.232 e. The van der Waals surface area contributed by atoms with E-state index in [-0.39, 0.29) is 18.0 Å². The van der Waals surface area contributed by atoms with Crippen molar-refractivity contribution >= 4 is 5.91 Å². The molecule has 2 heterocycles. The lowest BCUT2D eigenvalue weighted by Gasteiger charge is -2.39. The van der Waals surface area contributed by atoms with Crippen LogP contribution in [0, 0.1) is 5.41 Å². The number of amides is 1. The second-order valence-corrected chi connectivity index (χ2v) is 4.96. The zero-order chi connectivity index (χ0) is 11.8. The second-order valence-electron chi connectivity index (χ2n) is 4.96. The highest BCUT2D eigenvalue weighted by Gasteiger charge is 2.47. The molecule has 2 unspecified atom stereocenters. The maximum Gasteiger partial charge on any atom is 0.232 e. The largest absolute Gasteiger partial charge is 0.379 e. The Kier molecular flexibility index (Phi) is 3.19. The van der Waals surface area contributed by atoms with Crippen molar-refractivity contribution in [2.24, 2.45) is 11.1 Å². The minimum absolute atomic E-state index is 0.105. The van der Waals surface area contributed by atoms with Crippen LogP contribution in [0.1, 0.15) is 13.8 Å². The summed E-state index contributed by atoms with van der Waals surface area (Å²) < 4.78 is 10.6. The number of carbonyl (C=O) groups excluding carboxylic acids is 1. The molecule has 2 aliphatic heterocycles. The molecule has 2 fully saturated rings. The Bertz CT molecular complexity index is 284. The Morgan fingerprint density at radius 1 is 1.44 bits per heavy atom. The molecule has 16 heavy (non-hydrogen) atoms. The van der Waals surface area contributed by atoms with Crippen LogP contribution in [-0.4, -0.2) is 55.9 Å². The van der Waals surface area contributed by atoms with E-state index in [0.717, 1.165) is 0 Å². The summed E-state index contributed by atoms with van der Waals surface area (Å²) >= 11 is 0. The molecule has 5 heteroatoms. The topological polar surface area (TPSA) is 64.8 Å². The van der Waals surface area contributed by atoms with Crippen molar-refractivity contribution in [1.29, 1.82) is 0 Å². The number of ether oxygens (including phenoxy) is 2. The van der Waals surface area contributed by atoms with Crippen LogP contribution in [0.4, 0.5) is 0 Å². The summed E-state index contributed by atoms with van der Waals surface area (Å²) in [5, 5.41) is 0. The van der Waals surface area contributed by atoms with E-state index in [1.165, 1.54) is 0 Å². The van der Waals surface area contributed by atoms with Crippen molar-refractivity contribution in [3.8, 4) is 0 Å². The standard InChI is InChI=1S/C11H20N2O3/c1-8-5-15-4-3-13(8)10(14)11(2)7-16-6-9(11)12/h8-9H,3-7,12H2,1-2H3/t8-,9?,11?/m1/s1. The molecular weight excluding hydrogens is 208 g/mol. The summed E-state index contributed by atoms with van der Waals surface area (Å²) in [6.07, 6.45) is 0. The molecule has 0 saturated carbocycles. The van der Waals surface area contributed by atoms with E-state index in [1.54, 1.807) is 0 Å². The Morgan fingerprint density at radius 2 is 2.19 bits per heavy atom. The molecular formula is C11H20N2O3. The summed E-state index contributed by atoms with van der Waals surface area (Å²) in [7, 11) is 0. The molecule has 0 spiro atoms. The van der Waals surface area contributed by atoms with Gasteiger partial charge in [0.15, 0.2) is 0 Å². The summed E-state index contributed by atoms with van der Waals surface area (Å²) in [5.41, 5.74) is 5.40. The van der Waals surface area contributed by atoms with E-state index in [1.807, 2.05) is 18.7 Å². The predicted molar refractivity (Wildman–Crippen MR) is 58.9 cm³/mol. The first-order valence-corrected chi connectivity index (χ1v) is 5.78. The highest BCUT2D eigenvalue weighted by Crippen LogP contribution is 2.30. The van der Waals surface area contributed by atoms with Crippen LogP contribution in [0.2, 0.25) is 0 Å². The summed E-state index contributed by atoms with van der Waals surface area (Å²) in [6, 6.07) is -0.0686. The minimum atomic E-state index is -0.564. The van der Waals surface area contributed by atoms with Gasteiger partial charge in [0.2, 0.25) is 5.91 Å². The molecule has 0 aromatic rings. The molecule has 3 atom stereocenters. The van der Waals surface area contributed by atoms with Gasteiger partial charge in [-0.2, -0.15) is 0 Å². The number of nitrogens with two attached hydrogens (primary N) is 1. The number of hydrogen-bond acceptors (Lipinski definition) is 4. The van der Waals surface area contributed by atoms with E-state index in [9.17, 15) is 4.79 Å². The van der Waals surface area contributed by atoms with Gasteiger partial charge < -0.3 is 20.1 Å². The molecule has 0 aromatic heterocycles. The lowest BCUT2D eigenvalue weighted by molar-refractivity contribution is -0.149. The first-order chi connectivity index (χ1) is 7.55. The molecule has 0 radical (unpaired) electrons. The quantitative estimate of drug-likeness (QED) is 0.663. The van der Waals surface area contributed by atoms with Crippen molar-refractivity contribution in [3.05, 3.63) is 0 Å². The Hall–Kier alpha value is -0.650.